The molecule has 0 spiro atoms. The molecular formula is C11H15BrN2O. The molecule has 1 rings (SSSR count). The van der Waals surface area contributed by atoms with Crippen LogP contribution in [0.2, 0.25) is 0 Å². The van der Waals surface area contributed by atoms with Crippen LogP contribution < -0.4 is 0 Å². The number of halogens is 1. The Morgan fingerprint density at radius 1 is 1.53 bits per heavy atom. The lowest BCUT2D eigenvalue weighted by Crippen LogP contribution is -2.02. The molecule has 1 heterocycles. The summed E-state index contributed by atoms with van der Waals surface area (Å²) in [4.78, 5) is 8.67. The molecule has 4 heteroatoms. The lowest BCUT2D eigenvalue weighted by Gasteiger charge is -2.09. The minimum Gasteiger partial charge on any atom is -0.492 e. The third kappa shape index (κ3) is 3.30. The number of ether oxygens (including phenoxy) is 1. The second-order valence-electron chi connectivity index (χ2n) is 3.44. The van der Waals surface area contributed by atoms with E-state index in [4.69, 9.17) is 4.74 Å². The molecule has 0 N–H and O–H groups in total. The van der Waals surface area contributed by atoms with Crippen molar-refractivity contribution in [2.45, 2.75) is 26.7 Å². The Kier molecular flexibility index (Phi) is 4.27. The van der Waals surface area contributed by atoms with Crippen LogP contribution >= 0.6 is 15.9 Å². The fourth-order valence-electron chi connectivity index (χ4n) is 1.08. The van der Waals surface area contributed by atoms with Crippen LogP contribution in [-0.4, -0.2) is 16.6 Å². The van der Waals surface area contributed by atoms with Crippen LogP contribution in [0.15, 0.2) is 17.2 Å². The Hall–Kier alpha value is -0.900. The first-order chi connectivity index (χ1) is 7.04. The smallest absolute Gasteiger partial charge is 0.137 e. The maximum absolute atomic E-state index is 5.31. The van der Waals surface area contributed by atoms with Crippen molar-refractivity contribution in [3.8, 4) is 0 Å². The normalized spacial score (nSPS) is 10.5. The molecule has 0 aliphatic heterocycles. The lowest BCUT2D eigenvalue weighted by atomic mass is 10.2. The fraction of sp³-hybridized carbons (Fsp3) is 0.455. The van der Waals surface area contributed by atoms with Gasteiger partial charge in [0.15, 0.2) is 0 Å². The zero-order valence-corrected chi connectivity index (χ0v) is 10.8. The van der Waals surface area contributed by atoms with Gasteiger partial charge in [-0.25, -0.2) is 9.97 Å². The molecule has 0 saturated carbocycles. The van der Waals surface area contributed by atoms with Crippen LogP contribution in [0.1, 0.15) is 38.2 Å². The summed E-state index contributed by atoms with van der Waals surface area (Å²) in [5, 5.41) is 0. The van der Waals surface area contributed by atoms with Crippen molar-refractivity contribution in [1.29, 1.82) is 0 Å². The fourth-order valence-corrected chi connectivity index (χ4v) is 1.48. The first-order valence-electron chi connectivity index (χ1n) is 4.91. The predicted molar refractivity (Wildman–Crippen MR) is 64.5 cm³/mol. The van der Waals surface area contributed by atoms with E-state index in [1.54, 1.807) is 0 Å². The first-order valence-corrected chi connectivity index (χ1v) is 5.70. The molecule has 0 fully saturated rings. The van der Waals surface area contributed by atoms with Crippen LogP contribution in [0.4, 0.5) is 0 Å². The molecule has 3 nitrogen and oxygen atoms in total. The zero-order valence-electron chi connectivity index (χ0n) is 9.25. The Morgan fingerprint density at radius 3 is 2.73 bits per heavy atom. The van der Waals surface area contributed by atoms with Gasteiger partial charge in [0.2, 0.25) is 0 Å². The molecule has 0 aliphatic rings. The molecule has 0 saturated heterocycles. The van der Waals surface area contributed by atoms with Crippen molar-refractivity contribution in [3.05, 3.63) is 28.8 Å². The summed E-state index contributed by atoms with van der Waals surface area (Å²) in [5.41, 5.74) is 0.738. The predicted octanol–water partition coefficient (Wildman–Crippen LogP) is 3.37. The molecule has 0 aliphatic carbocycles. The van der Waals surface area contributed by atoms with E-state index in [9.17, 15) is 0 Å². The van der Waals surface area contributed by atoms with E-state index < -0.39 is 0 Å². The van der Waals surface area contributed by atoms with E-state index in [2.05, 4.69) is 46.3 Å². The second kappa shape index (κ2) is 5.26. The summed E-state index contributed by atoms with van der Waals surface area (Å²) in [6.07, 6.45) is 0. The quantitative estimate of drug-likeness (QED) is 0.622. The minimum atomic E-state index is 0.288. The minimum absolute atomic E-state index is 0.288. The highest BCUT2D eigenvalue weighted by molar-refractivity contribution is 9.10. The van der Waals surface area contributed by atoms with Crippen molar-refractivity contribution >= 4 is 21.7 Å². The zero-order chi connectivity index (χ0) is 11.4. The van der Waals surface area contributed by atoms with E-state index >= 15 is 0 Å². The van der Waals surface area contributed by atoms with E-state index in [-0.39, 0.29) is 5.92 Å². The summed E-state index contributed by atoms with van der Waals surface area (Å²) in [5.74, 6) is 1.67. The molecule has 1 aromatic heterocycles. The van der Waals surface area contributed by atoms with Gasteiger partial charge in [-0.15, -0.1) is 0 Å². The highest BCUT2D eigenvalue weighted by atomic mass is 79.9. The van der Waals surface area contributed by atoms with Crippen molar-refractivity contribution in [2.24, 2.45) is 0 Å². The van der Waals surface area contributed by atoms with Crippen LogP contribution in [0.5, 0.6) is 0 Å². The molecule has 0 radical (unpaired) electrons. The van der Waals surface area contributed by atoms with Gasteiger partial charge in [0, 0.05) is 12.0 Å². The number of hydrogen-bond donors (Lipinski definition) is 0. The summed E-state index contributed by atoms with van der Waals surface area (Å²) in [6.45, 7) is 10.4. The molecule has 1 aromatic rings. The maximum Gasteiger partial charge on any atom is 0.137 e. The number of rotatable bonds is 4. The summed E-state index contributed by atoms with van der Waals surface area (Å²) in [7, 11) is 0. The van der Waals surface area contributed by atoms with Gasteiger partial charge in [-0.3, -0.25) is 0 Å². The highest BCUT2D eigenvalue weighted by Gasteiger charge is 2.09. The van der Waals surface area contributed by atoms with Gasteiger partial charge >= 0.3 is 0 Å². The van der Waals surface area contributed by atoms with Crippen molar-refractivity contribution in [1.82, 2.24) is 9.97 Å². The standard InChI is InChI=1S/C11H15BrN2O/c1-5-15-8(4)9-6-10(12)14-11(13-9)7(2)3/h6-7H,4-5H2,1-3H3. The largest absolute Gasteiger partial charge is 0.492 e. The number of aromatic nitrogens is 2. The molecule has 15 heavy (non-hydrogen) atoms. The van der Waals surface area contributed by atoms with E-state index in [1.807, 2.05) is 13.0 Å². The van der Waals surface area contributed by atoms with Crippen molar-refractivity contribution < 1.29 is 4.74 Å². The maximum atomic E-state index is 5.31. The van der Waals surface area contributed by atoms with Gasteiger partial charge in [0.05, 0.1) is 6.61 Å². The Morgan fingerprint density at radius 2 is 2.20 bits per heavy atom. The van der Waals surface area contributed by atoms with E-state index in [1.165, 1.54) is 0 Å². The van der Waals surface area contributed by atoms with Gasteiger partial charge in [-0.1, -0.05) is 20.4 Å². The molecule has 0 atom stereocenters. The van der Waals surface area contributed by atoms with E-state index in [0.717, 1.165) is 16.1 Å². The number of hydrogen-bond acceptors (Lipinski definition) is 3. The molecule has 0 amide bonds. The summed E-state index contributed by atoms with van der Waals surface area (Å²) in [6, 6.07) is 1.81. The molecule has 0 bridgehead atoms. The van der Waals surface area contributed by atoms with Crippen LogP contribution in [0.3, 0.4) is 0 Å². The average Bonchev–Trinajstić information content (AvgIpc) is 2.17. The average molecular weight is 271 g/mol. The van der Waals surface area contributed by atoms with Gasteiger partial charge < -0.3 is 4.74 Å². The van der Waals surface area contributed by atoms with Crippen LogP contribution in [0, 0.1) is 0 Å². The van der Waals surface area contributed by atoms with Crippen LogP contribution in [0.25, 0.3) is 5.76 Å². The van der Waals surface area contributed by atoms with Crippen LogP contribution in [-0.2, 0) is 4.74 Å². The topological polar surface area (TPSA) is 35.0 Å². The molecule has 0 unspecified atom stereocenters. The summed E-state index contributed by atoms with van der Waals surface area (Å²) >= 11 is 3.35. The Labute approximate surface area is 98.7 Å². The third-order valence-corrected chi connectivity index (χ3v) is 2.24. The van der Waals surface area contributed by atoms with Crippen molar-refractivity contribution in [3.63, 3.8) is 0 Å². The molecular weight excluding hydrogens is 256 g/mol. The molecule has 0 aromatic carbocycles. The first kappa shape index (κ1) is 12.2. The molecule has 82 valence electrons. The number of nitrogens with zero attached hydrogens (tertiary/aromatic N) is 2. The van der Waals surface area contributed by atoms with Gasteiger partial charge in [0.1, 0.15) is 21.9 Å². The monoisotopic (exact) mass is 270 g/mol. The van der Waals surface area contributed by atoms with E-state index in [0.29, 0.717) is 12.4 Å². The Bertz CT molecular complexity index is 364. The van der Waals surface area contributed by atoms with Gasteiger partial charge in [-0.2, -0.15) is 0 Å². The highest BCUT2D eigenvalue weighted by Crippen LogP contribution is 2.19. The Balaban J connectivity index is 3.03. The van der Waals surface area contributed by atoms with Gasteiger partial charge in [-0.05, 0) is 22.9 Å². The second-order valence-corrected chi connectivity index (χ2v) is 4.26. The third-order valence-electron chi connectivity index (χ3n) is 1.83. The SMILES string of the molecule is C=C(OCC)c1cc(Br)nc(C(C)C)n1. The van der Waals surface area contributed by atoms with Gasteiger partial charge in [0.25, 0.3) is 0 Å². The summed E-state index contributed by atoms with van der Waals surface area (Å²) < 4.78 is 6.07. The van der Waals surface area contributed by atoms with Crippen molar-refractivity contribution in [2.75, 3.05) is 6.61 Å². The lowest BCUT2D eigenvalue weighted by molar-refractivity contribution is 0.297.